The third-order valence-electron chi connectivity index (χ3n) is 5.82. The average molecular weight is 480 g/mol. The van der Waals surface area contributed by atoms with Crippen LogP contribution in [0.5, 0.6) is 11.5 Å². The molecule has 0 aliphatic carbocycles. The number of methoxy groups -OCH3 is 2. The molecule has 3 heterocycles. The lowest BCUT2D eigenvalue weighted by molar-refractivity contribution is 0.404. The van der Waals surface area contributed by atoms with Crippen molar-refractivity contribution in [3.63, 3.8) is 0 Å². The first kappa shape index (κ1) is 24.0. The first-order valence-corrected chi connectivity index (χ1v) is 12.4. The molecule has 0 atom stereocenters. The maximum atomic E-state index is 5.60. The molecule has 0 saturated carbocycles. The van der Waals surface area contributed by atoms with Crippen molar-refractivity contribution in [2.45, 2.75) is 46.0 Å². The van der Waals surface area contributed by atoms with Gasteiger partial charge in [-0.3, -0.25) is 0 Å². The van der Waals surface area contributed by atoms with E-state index in [1.807, 2.05) is 22.7 Å². The number of benzene rings is 1. The second-order valence-electron chi connectivity index (χ2n) is 9.43. The van der Waals surface area contributed by atoms with Crippen molar-refractivity contribution >= 4 is 28.1 Å². The Morgan fingerprint density at radius 1 is 1.09 bits per heavy atom. The van der Waals surface area contributed by atoms with Crippen molar-refractivity contribution in [1.82, 2.24) is 19.8 Å². The summed E-state index contributed by atoms with van der Waals surface area (Å²) in [7, 11) is 5.44. The first-order valence-electron chi connectivity index (χ1n) is 11.6. The van der Waals surface area contributed by atoms with E-state index in [-0.39, 0.29) is 5.41 Å². The molecule has 3 aromatic heterocycles. The Balaban J connectivity index is 1.86. The number of hydrogen-bond donors (Lipinski definition) is 0. The highest BCUT2D eigenvalue weighted by Crippen LogP contribution is 2.33. The highest BCUT2D eigenvalue weighted by molar-refractivity contribution is 7.16. The van der Waals surface area contributed by atoms with Gasteiger partial charge >= 0.3 is 0 Å². The molecule has 0 fully saturated rings. The molecule has 0 unspecified atom stereocenters. The Labute approximate surface area is 205 Å². The molecule has 4 aromatic rings. The Bertz CT molecular complexity index is 1340. The molecule has 7 nitrogen and oxygen atoms in total. The lowest BCUT2D eigenvalue weighted by Crippen LogP contribution is -2.22. The predicted octanol–water partition coefficient (Wildman–Crippen LogP) is 4.95. The van der Waals surface area contributed by atoms with E-state index in [2.05, 4.69) is 68.0 Å². The number of thiophene rings is 1. The second-order valence-corrected chi connectivity index (χ2v) is 10.5. The van der Waals surface area contributed by atoms with E-state index in [1.54, 1.807) is 25.6 Å². The van der Waals surface area contributed by atoms with Crippen molar-refractivity contribution in [3.8, 4) is 22.9 Å². The van der Waals surface area contributed by atoms with E-state index in [9.17, 15) is 0 Å². The quantitative estimate of drug-likeness (QED) is 0.356. The van der Waals surface area contributed by atoms with Gasteiger partial charge in [-0.05, 0) is 42.8 Å². The normalized spacial score (nSPS) is 12.5. The fourth-order valence-corrected chi connectivity index (χ4v) is 4.86. The van der Waals surface area contributed by atoms with Gasteiger partial charge in [0.1, 0.15) is 11.5 Å². The molecule has 0 radical (unpaired) electrons. The van der Waals surface area contributed by atoms with Gasteiger partial charge in [0.2, 0.25) is 0 Å². The maximum absolute atomic E-state index is 5.60. The monoisotopic (exact) mass is 479 g/mol. The molecule has 1 aromatic carbocycles. The van der Waals surface area contributed by atoms with Crippen LogP contribution in [0.1, 0.15) is 51.1 Å². The fraction of sp³-hybridized carbons (Fsp3) is 0.423. The van der Waals surface area contributed by atoms with Gasteiger partial charge in [-0.2, -0.15) is 9.61 Å². The Morgan fingerprint density at radius 2 is 1.88 bits per heavy atom. The van der Waals surface area contributed by atoms with Crippen molar-refractivity contribution in [2.24, 2.45) is 0 Å². The zero-order valence-corrected chi connectivity index (χ0v) is 21.9. The zero-order valence-electron chi connectivity index (χ0n) is 21.0. The number of aromatic nitrogens is 4. The van der Waals surface area contributed by atoms with Crippen LogP contribution < -0.4 is 19.6 Å². The number of anilines is 1. The Morgan fingerprint density at radius 3 is 2.56 bits per heavy atom. The van der Waals surface area contributed by atoms with Crippen molar-refractivity contribution in [2.75, 3.05) is 32.7 Å². The summed E-state index contributed by atoms with van der Waals surface area (Å²) >= 11 is 1.78. The minimum Gasteiger partial charge on any atom is -0.497 e. The largest absolute Gasteiger partial charge is 0.497 e. The van der Waals surface area contributed by atoms with Gasteiger partial charge in [0.05, 0.1) is 30.5 Å². The van der Waals surface area contributed by atoms with Crippen LogP contribution in [-0.4, -0.2) is 47.6 Å². The highest BCUT2D eigenvalue weighted by atomic mass is 32.1. The van der Waals surface area contributed by atoms with Gasteiger partial charge in [0.15, 0.2) is 11.5 Å². The smallest absolute Gasteiger partial charge is 0.189 e. The SMILES string of the molecule is CCCCN(C)c1ccc(C=c2c(C(C)(C)C)nn3c(-c4cc(OC)ccc4OC)nnc23)s1. The molecule has 0 amide bonds. The van der Waals surface area contributed by atoms with E-state index < -0.39 is 0 Å². The molecule has 0 aliphatic heterocycles. The van der Waals surface area contributed by atoms with Crippen LogP contribution in [0.4, 0.5) is 5.00 Å². The number of rotatable bonds is 8. The lowest BCUT2D eigenvalue weighted by atomic mass is 9.91. The molecule has 34 heavy (non-hydrogen) atoms. The number of unbranched alkanes of at least 4 members (excludes halogenated alkanes) is 1. The van der Waals surface area contributed by atoms with Gasteiger partial charge in [-0.25, -0.2) is 0 Å². The fourth-order valence-electron chi connectivity index (χ4n) is 3.92. The molecule has 0 bridgehead atoms. The summed E-state index contributed by atoms with van der Waals surface area (Å²) in [4.78, 5) is 3.49. The molecule has 180 valence electrons. The third-order valence-corrected chi connectivity index (χ3v) is 6.96. The highest BCUT2D eigenvalue weighted by Gasteiger charge is 2.25. The molecule has 4 rings (SSSR count). The van der Waals surface area contributed by atoms with Crippen LogP contribution in [0.15, 0.2) is 30.3 Å². The van der Waals surface area contributed by atoms with Crippen LogP contribution in [0, 0.1) is 0 Å². The first-order chi connectivity index (χ1) is 16.3. The second kappa shape index (κ2) is 9.62. The summed E-state index contributed by atoms with van der Waals surface area (Å²) in [5, 5.41) is 16.3. The standard InChI is InChI=1S/C26H33N5O2S/c1-8-9-14-30(5)22-13-11-18(34-22)16-20-23(26(2,3)4)29-31-24(27-28-25(20)31)19-15-17(32-6)10-12-21(19)33-7/h10-13,15-16H,8-9,14H2,1-7H3. The summed E-state index contributed by atoms with van der Waals surface area (Å²) in [6.45, 7) is 9.79. The van der Waals surface area contributed by atoms with Gasteiger partial charge in [-0.15, -0.1) is 21.5 Å². The summed E-state index contributed by atoms with van der Waals surface area (Å²) in [6.07, 6.45) is 4.56. The summed E-state index contributed by atoms with van der Waals surface area (Å²) in [5.74, 6) is 2.04. The van der Waals surface area contributed by atoms with Crippen LogP contribution in [0.3, 0.4) is 0 Å². The summed E-state index contributed by atoms with van der Waals surface area (Å²) < 4.78 is 12.9. The molecular weight excluding hydrogens is 446 g/mol. The minimum absolute atomic E-state index is 0.166. The molecule has 0 aliphatic rings. The maximum Gasteiger partial charge on any atom is 0.189 e. The average Bonchev–Trinajstić information content (AvgIpc) is 3.53. The number of ether oxygens (including phenoxy) is 2. The lowest BCUT2D eigenvalue weighted by Gasteiger charge is -2.16. The van der Waals surface area contributed by atoms with Gasteiger partial charge in [0, 0.05) is 29.1 Å². The molecular formula is C26H33N5O2S. The number of fused-ring (bicyclic) bond motifs is 1. The van der Waals surface area contributed by atoms with Crippen LogP contribution >= 0.6 is 11.3 Å². The Kier molecular flexibility index (Phi) is 6.79. The van der Waals surface area contributed by atoms with Gasteiger partial charge in [-0.1, -0.05) is 34.1 Å². The van der Waals surface area contributed by atoms with Crippen LogP contribution in [0.2, 0.25) is 0 Å². The summed E-state index contributed by atoms with van der Waals surface area (Å²) in [5.41, 5.74) is 2.34. The van der Waals surface area contributed by atoms with E-state index in [0.717, 1.165) is 34.4 Å². The molecule has 0 saturated heterocycles. The molecule has 0 spiro atoms. The van der Waals surface area contributed by atoms with E-state index in [0.29, 0.717) is 11.6 Å². The molecule has 0 N–H and O–H groups in total. The predicted molar refractivity (Wildman–Crippen MR) is 139 cm³/mol. The van der Waals surface area contributed by atoms with Crippen LogP contribution in [-0.2, 0) is 5.41 Å². The number of nitrogens with zero attached hydrogens (tertiary/aromatic N) is 5. The van der Waals surface area contributed by atoms with E-state index in [4.69, 9.17) is 14.6 Å². The van der Waals surface area contributed by atoms with Crippen molar-refractivity contribution < 1.29 is 9.47 Å². The summed E-state index contributed by atoms with van der Waals surface area (Å²) in [6, 6.07) is 10.00. The number of hydrogen-bond acceptors (Lipinski definition) is 7. The van der Waals surface area contributed by atoms with Crippen LogP contribution in [0.25, 0.3) is 23.1 Å². The van der Waals surface area contributed by atoms with Crippen molar-refractivity contribution in [1.29, 1.82) is 0 Å². The van der Waals surface area contributed by atoms with E-state index >= 15 is 0 Å². The topological polar surface area (TPSA) is 64.8 Å². The van der Waals surface area contributed by atoms with Crippen molar-refractivity contribution in [3.05, 3.63) is 46.1 Å². The van der Waals surface area contributed by atoms with Gasteiger partial charge in [0.25, 0.3) is 0 Å². The van der Waals surface area contributed by atoms with Gasteiger partial charge < -0.3 is 14.4 Å². The zero-order chi connectivity index (χ0) is 24.5. The third kappa shape index (κ3) is 4.59. The minimum atomic E-state index is -0.166. The van der Waals surface area contributed by atoms with E-state index in [1.165, 1.54) is 22.7 Å². The molecule has 8 heteroatoms. The Hall–Kier alpha value is -3.13.